The first kappa shape index (κ1) is 14.6. The van der Waals surface area contributed by atoms with Gasteiger partial charge in [0.1, 0.15) is 24.9 Å². The van der Waals surface area contributed by atoms with Gasteiger partial charge in [-0.25, -0.2) is 9.68 Å². The molecule has 0 bridgehead atoms. The Kier molecular flexibility index (Phi) is 4.70. The van der Waals surface area contributed by atoms with E-state index in [-0.39, 0.29) is 6.61 Å². The van der Waals surface area contributed by atoms with Gasteiger partial charge < -0.3 is 14.9 Å². The van der Waals surface area contributed by atoms with E-state index in [1.165, 1.54) is 29.2 Å². The van der Waals surface area contributed by atoms with Gasteiger partial charge in [0.05, 0.1) is 0 Å². The first-order chi connectivity index (χ1) is 9.04. The molecule has 0 spiro atoms. The van der Waals surface area contributed by atoms with Crippen LogP contribution in [0.25, 0.3) is 0 Å². The number of aliphatic hydroxyl groups excluding tert-OH is 2. The number of hydrogen-bond donors (Lipinski definition) is 3. The molecule has 1 aromatic heterocycles. The third-order valence-corrected chi connectivity index (χ3v) is 2.99. The van der Waals surface area contributed by atoms with Crippen molar-refractivity contribution in [3.05, 3.63) is 33.1 Å². The molecule has 2 heterocycles. The van der Waals surface area contributed by atoms with E-state index in [9.17, 15) is 19.8 Å². The summed E-state index contributed by atoms with van der Waals surface area (Å²) in [7, 11) is 0. The molecular weight excluding hydrogens is 375 g/mol. The predicted molar refractivity (Wildman–Crippen MR) is 68.3 cm³/mol. The van der Waals surface area contributed by atoms with Crippen LogP contribution in [-0.2, 0) is 12.8 Å². The fourth-order valence-corrected chi connectivity index (χ4v) is 1.96. The van der Waals surface area contributed by atoms with Crippen LogP contribution in [0.3, 0.4) is 0 Å². The number of ether oxygens (including phenoxy) is 1. The lowest BCUT2D eigenvalue weighted by Gasteiger charge is -2.16. The summed E-state index contributed by atoms with van der Waals surface area (Å²) < 4.78 is 10.7. The monoisotopic (exact) mass is 386 g/mol. The number of aromatic amines is 1. The predicted octanol–water partition coefficient (Wildman–Crippen LogP) is -1.55. The van der Waals surface area contributed by atoms with Crippen molar-refractivity contribution in [2.45, 2.75) is 24.5 Å². The van der Waals surface area contributed by atoms with E-state index in [0.717, 1.165) is 10.6 Å². The summed E-state index contributed by atoms with van der Waals surface area (Å²) in [5, 5.41) is 19.6. The molecule has 1 saturated heterocycles. The molecule has 2 rings (SSSR count). The second-order valence-electron chi connectivity index (χ2n) is 3.91. The Labute approximate surface area is 120 Å². The van der Waals surface area contributed by atoms with Crippen LogP contribution in [0, 0.1) is 0 Å². The van der Waals surface area contributed by atoms with E-state index >= 15 is 0 Å². The third-order valence-electron chi connectivity index (χ3n) is 2.74. The molecule has 4 atom stereocenters. The number of nitrogens with one attached hydrogen (secondary N) is 1. The van der Waals surface area contributed by atoms with Crippen LogP contribution in [0.2, 0.25) is 0 Å². The highest BCUT2D eigenvalue weighted by Crippen LogP contribution is 2.28. The van der Waals surface area contributed by atoms with Crippen molar-refractivity contribution in [1.29, 1.82) is 0 Å². The maximum absolute atomic E-state index is 11.6. The van der Waals surface area contributed by atoms with Crippen molar-refractivity contribution in [3.63, 3.8) is 0 Å². The van der Waals surface area contributed by atoms with Crippen LogP contribution < -0.4 is 11.2 Å². The topological polar surface area (TPSA) is 123 Å². The molecule has 0 amide bonds. The van der Waals surface area contributed by atoms with Gasteiger partial charge in [-0.1, -0.05) is 0 Å². The maximum atomic E-state index is 11.6. The molecule has 9 nitrogen and oxygen atoms in total. The number of aromatic nitrogens is 2. The highest BCUT2D eigenvalue weighted by atomic mass is 127. The second kappa shape index (κ2) is 6.11. The standard InChI is InChI=1S/C9H11IN2O7/c10-19-17-3-4-6(14)7(15)8(18-4)12-2-1-5(13)11-9(12)16/h1-2,4,6-8,14-15H,3H2,(H,11,13,16)/t4-,6-,7-,8-/m1/s1. The van der Waals surface area contributed by atoms with Crippen LogP contribution in [0.1, 0.15) is 6.23 Å². The molecule has 3 N–H and O–H groups in total. The minimum Gasteiger partial charge on any atom is -0.387 e. The quantitative estimate of drug-likeness (QED) is 0.326. The number of H-pyrrole nitrogens is 1. The van der Waals surface area contributed by atoms with Crippen LogP contribution >= 0.6 is 23.0 Å². The first-order valence-electron chi connectivity index (χ1n) is 5.28. The van der Waals surface area contributed by atoms with Gasteiger partial charge in [-0.2, -0.15) is 3.22 Å². The Balaban J connectivity index is 2.21. The fraction of sp³-hybridized carbons (Fsp3) is 0.556. The summed E-state index contributed by atoms with van der Waals surface area (Å²) in [6, 6.07) is 1.11. The summed E-state index contributed by atoms with van der Waals surface area (Å²) in [5.74, 6) is 0. The molecule has 0 unspecified atom stereocenters. The molecule has 10 heteroatoms. The van der Waals surface area contributed by atoms with E-state index in [4.69, 9.17) is 4.74 Å². The average molecular weight is 386 g/mol. The number of aliphatic hydroxyl groups is 2. The first-order valence-corrected chi connectivity index (χ1v) is 6.16. The Morgan fingerprint density at radius 2 is 2.16 bits per heavy atom. The maximum Gasteiger partial charge on any atom is 0.330 e. The highest BCUT2D eigenvalue weighted by molar-refractivity contribution is 14.1. The summed E-state index contributed by atoms with van der Waals surface area (Å²) in [6.45, 7) is -0.115. The van der Waals surface area contributed by atoms with E-state index in [0.29, 0.717) is 0 Å². The van der Waals surface area contributed by atoms with Crippen LogP contribution in [0.4, 0.5) is 0 Å². The molecule has 106 valence electrons. The lowest BCUT2D eigenvalue weighted by molar-refractivity contribution is -0.201. The third kappa shape index (κ3) is 3.04. The lowest BCUT2D eigenvalue weighted by Crippen LogP contribution is -2.37. The minimum absolute atomic E-state index is 0.115. The molecule has 1 fully saturated rings. The van der Waals surface area contributed by atoms with Crippen molar-refractivity contribution in [1.82, 2.24) is 9.55 Å². The molecule has 0 aromatic carbocycles. The molecule has 0 saturated carbocycles. The summed E-state index contributed by atoms with van der Waals surface area (Å²) in [6.07, 6.45) is -3.35. The molecule has 1 aromatic rings. The zero-order valence-electron chi connectivity index (χ0n) is 9.43. The van der Waals surface area contributed by atoms with Gasteiger partial charge in [0.15, 0.2) is 29.2 Å². The molecular formula is C9H11IN2O7. The number of rotatable bonds is 4. The van der Waals surface area contributed by atoms with Gasteiger partial charge in [-0.15, -0.1) is 0 Å². The van der Waals surface area contributed by atoms with Crippen molar-refractivity contribution < 1.29 is 23.1 Å². The Bertz CT molecular complexity index is 544. The smallest absolute Gasteiger partial charge is 0.330 e. The molecule has 1 aliphatic rings. The fourth-order valence-electron chi connectivity index (χ4n) is 1.82. The molecule has 1 aliphatic heterocycles. The van der Waals surface area contributed by atoms with Crippen molar-refractivity contribution in [2.24, 2.45) is 0 Å². The SMILES string of the molecule is O=c1ccn([C@@H]2O[C@H](COOI)[C@@H](O)[C@H]2O)c(=O)[nH]1. The van der Waals surface area contributed by atoms with Gasteiger partial charge in [0.25, 0.3) is 5.56 Å². The Morgan fingerprint density at radius 3 is 2.79 bits per heavy atom. The normalized spacial score (nSPS) is 30.7. The van der Waals surface area contributed by atoms with Crippen LogP contribution in [0.15, 0.2) is 21.9 Å². The summed E-state index contributed by atoms with van der Waals surface area (Å²) >= 11 is 1.50. The highest BCUT2D eigenvalue weighted by Gasteiger charge is 2.44. The van der Waals surface area contributed by atoms with Gasteiger partial charge >= 0.3 is 5.69 Å². The van der Waals surface area contributed by atoms with Crippen molar-refractivity contribution in [2.75, 3.05) is 6.61 Å². The van der Waals surface area contributed by atoms with E-state index < -0.39 is 35.8 Å². The van der Waals surface area contributed by atoms with Crippen LogP contribution in [0.5, 0.6) is 0 Å². The van der Waals surface area contributed by atoms with E-state index in [1.807, 2.05) is 4.98 Å². The molecule has 0 radical (unpaired) electrons. The number of nitrogens with zero attached hydrogens (tertiary/aromatic N) is 1. The molecule has 19 heavy (non-hydrogen) atoms. The Hall–Kier alpha value is -0.790. The van der Waals surface area contributed by atoms with Crippen molar-refractivity contribution >= 4 is 23.0 Å². The summed E-state index contributed by atoms with van der Waals surface area (Å²) in [4.78, 5) is 29.2. The Morgan fingerprint density at radius 1 is 1.42 bits per heavy atom. The minimum atomic E-state index is -1.33. The van der Waals surface area contributed by atoms with Gasteiger partial charge in [0, 0.05) is 12.3 Å². The van der Waals surface area contributed by atoms with E-state index in [1.54, 1.807) is 0 Å². The summed E-state index contributed by atoms with van der Waals surface area (Å²) in [5.41, 5.74) is -1.30. The van der Waals surface area contributed by atoms with Gasteiger partial charge in [-0.05, 0) is 0 Å². The largest absolute Gasteiger partial charge is 0.387 e. The zero-order valence-corrected chi connectivity index (χ0v) is 11.6. The number of halogens is 1. The molecule has 0 aliphatic carbocycles. The lowest BCUT2D eigenvalue weighted by atomic mass is 10.1. The number of hydrogen-bond acceptors (Lipinski definition) is 7. The van der Waals surface area contributed by atoms with Gasteiger partial charge in [-0.3, -0.25) is 14.3 Å². The van der Waals surface area contributed by atoms with E-state index in [2.05, 4.69) is 8.10 Å². The zero-order chi connectivity index (χ0) is 14.0. The van der Waals surface area contributed by atoms with Gasteiger partial charge in [0.2, 0.25) is 0 Å². The average Bonchev–Trinajstić information content (AvgIpc) is 2.64. The second-order valence-corrected chi connectivity index (χ2v) is 4.27. The van der Waals surface area contributed by atoms with Crippen LogP contribution in [-0.4, -0.2) is 44.7 Å². The van der Waals surface area contributed by atoms with Crippen molar-refractivity contribution in [3.8, 4) is 0 Å².